The number of hydrogen-bond acceptors (Lipinski definition) is 4. The van der Waals surface area contributed by atoms with Crippen LogP contribution in [0.5, 0.6) is 0 Å². The van der Waals surface area contributed by atoms with Crippen molar-refractivity contribution in [2.45, 2.75) is 46.2 Å². The minimum absolute atomic E-state index is 0.325. The molecule has 0 amide bonds. The van der Waals surface area contributed by atoms with Crippen LogP contribution in [-0.2, 0) is 9.53 Å². The van der Waals surface area contributed by atoms with Crippen LogP contribution in [0.4, 0.5) is 0 Å². The van der Waals surface area contributed by atoms with Crippen molar-refractivity contribution in [3.05, 3.63) is 0 Å². The van der Waals surface area contributed by atoms with E-state index in [2.05, 4.69) is 18.7 Å². The first-order valence-electron chi connectivity index (χ1n) is 5.58. The molecule has 4 nitrogen and oxygen atoms in total. The summed E-state index contributed by atoms with van der Waals surface area (Å²) in [6, 6.07) is -0.600. The lowest BCUT2D eigenvalue weighted by Gasteiger charge is -2.40. The van der Waals surface area contributed by atoms with Crippen molar-refractivity contribution >= 4 is 5.97 Å². The molecule has 0 aliphatic carbocycles. The third-order valence-electron chi connectivity index (χ3n) is 2.88. The second kappa shape index (κ2) is 6.08. The Morgan fingerprint density at radius 3 is 2.13 bits per heavy atom. The van der Waals surface area contributed by atoms with Crippen LogP contribution in [-0.4, -0.2) is 42.1 Å². The number of ether oxygens (including phenoxy) is 1. The summed E-state index contributed by atoms with van der Waals surface area (Å²) in [5.41, 5.74) is 5.55. The third kappa shape index (κ3) is 3.47. The van der Waals surface area contributed by atoms with E-state index < -0.39 is 6.04 Å². The molecule has 15 heavy (non-hydrogen) atoms. The maximum atomic E-state index is 11.6. The predicted molar refractivity (Wildman–Crippen MR) is 61.6 cm³/mol. The zero-order valence-corrected chi connectivity index (χ0v) is 10.5. The van der Waals surface area contributed by atoms with E-state index in [0.717, 1.165) is 13.1 Å². The standard InChI is InChI=1S/C11H24N2O2/c1-6-13(7-2)11(4,5)9(12)10(14)15-8-3/h9H,6-8,12H2,1-5H3. The Labute approximate surface area is 92.8 Å². The van der Waals surface area contributed by atoms with Gasteiger partial charge in [-0.1, -0.05) is 13.8 Å². The molecule has 4 heteroatoms. The van der Waals surface area contributed by atoms with Crippen molar-refractivity contribution in [3.8, 4) is 0 Å². The van der Waals surface area contributed by atoms with Crippen molar-refractivity contribution in [2.75, 3.05) is 19.7 Å². The van der Waals surface area contributed by atoms with Gasteiger partial charge in [-0.3, -0.25) is 9.69 Å². The number of nitrogens with two attached hydrogens (primary N) is 1. The van der Waals surface area contributed by atoms with Crippen LogP contribution in [0, 0.1) is 0 Å². The molecule has 0 heterocycles. The maximum Gasteiger partial charge on any atom is 0.324 e. The van der Waals surface area contributed by atoms with Crippen LogP contribution in [0.25, 0.3) is 0 Å². The SMILES string of the molecule is CCOC(=O)C(N)C(C)(C)N(CC)CC. The lowest BCUT2D eigenvalue weighted by molar-refractivity contribution is -0.148. The second-order valence-electron chi connectivity index (χ2n) is 4.06. The third-order valence-corrected chi connectivity index (χ3v) is 2.88. The minimum Gasteiger partial charge on any atom is -0.465 e. The zero-order valence-electron chi connectivity index (χ0n) is 10.5. The van der Waals surface area contributed by atoms with Gasteiger partial charge in [0.25, 0.3) is 0 Å². The normalized spacial score (nSPS) is 14.1. The first-order valence-corrected chi connectivity index (χ1v) is 5.58. The zero-order chi connectivity index (χ0) is 12.1. The van der Waals surface area contributed by atoms with Crippen LogP contribution < -0.4 is 5.73 Å². The van der Waals surface area contributed by atoms with Gasteiger partial charge in [0.1, 0.15) is 6.04 Å². The summed E-state index contributed by atoms with van der Waals surface area (Å²) < 4.78 is 4.94. The van der Waals surface area contributed by atoms with Gasteiger partial charge in [-0.15, -0.1) is 0 Å². The van der Waals surface area contributed by atoms with Crippen molar-refractivity contribution in [3.63, 3.8) is 0 Å². The van der Waals surface area contributed by atoms with Gasteiger partial charge in [-0.2, -0.15) is 0 Å². The Bertz CT molecular complexity index is 201. The fourth-order valence-corrected chi connectivity index (χ4v) is 1.76. The molecular formula is C11H24N2O2. The van der Waals surface area contributed by atoms with Gasteiger partial charge in [-0.05, 0) is 33.9 Å². The predicted octanol–water partition coefficient (Wildman–Crippen LogP) is 0.997. The van der Waals surface area contributed by atoms with Crippen LogP contribution >= 0.6 is 0 Å². The van der Waals surface area contributed by atoms with E-state index >= 15 is 0 Å². The van der Waals surface area contributed by atoms with Crippen LogP contribution in [0.3, 0.4) is 0 Å². The van der Waals surface area contributed by atoms with Crippen molar-refractivity contribution in [1.82, 2.24) is 4.90 Å². The van der Waals surface area contributed by atoms with Gasteiger partial charge in [-0.25, -0.2) is 0 Å². The molecule has 0 aromatic carbocycles. The summed E-state index contributed by atoms with van der Waals surface area (Å²) in [4.78, 5) is 13.7. The summed E-state index contributed by atoms with van der Waals surface area (Å²) in [5.74, 6) is -0.325. The van der Waals surface area contributed by atoms with Gasteiger partial charge < -0.3 is 10.5 Å². The second-order valence-corrected chi connectivity index (χ2v) is 4.06. The molecule has 0 aliphatic rings. The highest BCUT2D eigenvalue weighted by Gasteiger charge is 2.36. The molecule has 1 unspecified atom stereocenters. The van der Waals surface area contributed by atoms with Crippen molar-refractivity contribution in [2.24, 2.45) is 5.73 Å². The largest absolute Gasteiger partial charge is 0.465 e. The Morgan fingerprint density at radius 2 is 1.80 bits per heavy atom. The van der Waals surface area contributed by atoms with Crippen LogP contribution in [0.2, 0.25) is 0 Å². The maximum absolute atomic E-state index is 11.6. The number of carbonyl (C=O) groups excluding carboxylic acids is 1. The number of nitrogens with zero attached hydrogens (tertiary/aromatic N) is 1. The first-order chi connectivity index (χ1) is 6.91. The van der Waals surface area contributed by atoms with E-state index in [-0.39, 0.29) is 11.5 Å². The van der Waals surface area contributed by atoms with Crippen molar-refractivity contribution < 1.29 is 9.53 Å². The lowest BCUT2D eigenvalue weighted by Crippen LogP contribution is -2.59. The molecular weight excluding hydrogens is 192 g/mol. The molecule has 0 bridgehead atoms. The summed E-state index contributed by atoms with van der Waals surface area (Å²) in [5, 5.41) is 0. The Morgan fingerprint density at radius 1 is 1.33 bits per heavy atom. The number of carbonyl (C=O) groups is 1. The molecule has 0 fully saturated rings. The number of hydrogen-bond donors (Lipinski definition) is 1. The summed E-state index contributed by atoms with van der Waals surface area (Å²) in [6.45, 7) is 12.0. The summed E-state index contributed by atoms with van der Waals surface area (Å²) in [6.07, 6.45) is 0. The smallest absolute Gasteiger partial charge is 0.324 e. The van der Waals surface area contributed by atoms with Gasteiger partial charge in [0, 0.05) is 5.54 Å². The molecule has 0 spiro atoms. The summed E-state index contributed by atoms with van der Waals surface area (Å²) in [7, 11) is 0. The Balaban J connectivity index is 4.61. The first kappa shape index (κ1) is 14.4. The number of esters is 1. The highest BCUT2D eigenvalue weighted by atomic mass is 16.5. The highest BCUT2D eigenvalue weighted by molar-refractivity contribution is 5.77. The summed E-state index contributed by atoms with van der Waals surface area (Å²) >= 11 is 0. The molecule has 90 valence electrons. The Kier molecular flexibility index (Phi) is 5.83. The molecule has 0 radical (unpaired) electrons. The van der Waals surface area contributed by atoms with Gasteiger partial charge in [0.05, 0.1) is 6.61 Å². The Hall–Kier alpha value is -0.610. The molecule has 0 aliphatic heterocycles. The van der Waals surface area contributed by atoms with E-state index in [4.69, 9.17) is 10.5 Å². The van der Waals surface area contributed by atoms with Gasteiger partial charge >= 0.3 is 5.97 Å². The minimum atomic E-state index is -0.600. The monoisotopic (exact) mass is 216 g/mol. The molecule has 0 rings (SSSR count). The van der Waals surface area contributed by atoms with Gasteiger partial charge in [0.15, 0.2) is 0 Å². The molecule has 0 saturated carbocycles. The number of rotatable bonds is 6. The fraction of sp³-hybridized carbons (Fsp3) is 0.909. The molecule has 0 aromatic heterocycles. The lowest BCUT2D eigenvalue weighted by atomic mass is 9.93. The molecule has 2 N–H and O–H groups in total. The van der Waals surface area contributed by atoms with E-state index in [1.165, 1.54) is 0 Å². The average molecular weight is 216 g/mol. The van der Waals surface area contributed by atoms with E-state index in [9.17, 15) is 4.79 Å². The number of likely N-dealkylation sites (N-methyl/N-ethyl adjacent to an activating group) is 1. The van der Waals surface area contributed by atoms with Crippen LogP contribution in [0.15, 0.2) is 0 Å². The van der Waals surface area contributed by atoms with Crippen LogP contribution in [0.1, 0.15) is 34.6 Å². The molecule has 1 atom stereocenters. The van der Waals surface area contributed by atoms with E-state index in [1.54, 1.807) is 6.92 Å². The van der Waals surface area contributed by atoms with Gasteiger partial charge in [0.2, 0.25) is 0 Å². The van der Waals surface area contributed by atoms with E-state index in [0.29, 0.717) is 6.61 Å². The average Bonchev–Trinajstić information content (AvgIpc) is 2.18. The highest BCUT2D eigenvalue weighted by Crippen LogP contribution is 2.18. The van der Waals surface area contributed by atoms with E-state index in [1.807, 2.05) is 13.8 Å². The topological polar surface area (TPSA) is 55.6 Å². The quantitative estimate of drug-likeness (QED) is 0.673. The van der Waals surface area contributed by atoms with Crippen molar-refractivity contribution in [1.29, 1.82) is 0 Å². The molecule has 0 aromatic rings. The fourth-order valence-electron chi connectivity index (χ4n) is 1.76. The molecule has 0 saturated heterocycles.